The first-order valence-electron chi connectivity index (χ1n) is 4.58. The molecule has 1 fully saturated rings. The van der Waals surface area contributed by atoms with E-state index in [0.29, 0.717) is 0 Å². The number of carbonyl (C=O) groups excluding carboxylic acids is 2. The van der Waals surface area contributed by atoms with E-state index in [2.05, 4.69) is 4.74 Å². The molecule has 4 nitrogen and oxygen atoms in total. The number of methoxy groups -OCH3 is 1. The van der Waals surface area contributed by atoms with Crippen molar-refractivity contribution in [1.82, 2.24) is 4.90 Å². The van der Waals surface area contributed by atoms with Crippen LogP contribution in [0.2, 0.25) is 0 Å². The SMILES string of the molecule is COC(=O)CCC(=O)N1CCCC1. The fourth-order valence-corrected chi connectivity index (χ4v) is 1.44. The number of likely N-dealkylation sites (tertiary alicyclic amines) is 1. The summed E-state index contributed by atoms with van der Waals surface area (Å²) in [6, 6.07) is 0. The number of nitrogens with zero attached hydrogens (tertiary/aromatic N) is 1. The number of hydrogen-bond acceptors (Lipinski definition) is 3. The van der Waals surface area contributed by atoms with Gasteiger partial charge in [0.25, 0.3) is 0 Å². The number of hydrogen-bond donors (Lipinski definition) is 0. The second-order valence-electron chi connectivity index (χ2n) is 3.16. The van der Waals surface area contributed by atoms with Gasteiger partial charge in [-0.1, -0.05) is 0 Å². The highest BCUT2D eigenvalue weighted by Gasteiger charge is 2.18. The van der Waals surface area contributed by atoms with Gasteiger partial charge >= 0.3 is 5.97 Å². The monoisotopic (exact) mass is 185 g/mol. The quantitative estimate of drug-likeness (QED) is 0.604. The summed E-state index contributed by atoms with van der Waals surface area (Å²) >= 11 is 0. The molecule has 0 N–H and O–H groups in total. The Kier molecular flexibility index (Phi) is 3.73. The zero-order valence-corrected chi connectivity index (χ0v) is 7.91. The molecule has 4 heteroatoms. The standard InChI is InChI=1S/C9H15NO3/c1-13-9(12)5-4-8(11)10-6-2-3-7-10/h2-7H2,1H3. The molecule has 0 unspecified atom stereocenters. The molecule has 0 aromatic heterocycles. The molecule has 1 saturated heterocycles. The minimum absolute atomic E-state index is 0.0721. The minimum Gasteiger partial charge on any atom is -0.469 e. The number of esters is 1. The average molecular weight is 185 g/mol. The summed E-state index contributed by atoms with van der Waals surface area (Å²) < 4.78 is 4.45. The Bertz CT molecular complexity index is 197. The Morgan fingerprint density at radius 2 is 1.85 bits per heavy atom. The van der Waals surface area contributed by atoms with Gasteiger partial charge in [-0.25, -0.2) is 0 Å². The van der Waals surface area contributed by atoms with Gasteiger partial charge < -0.3 is 9.64 Å². The van der Waals surface area contributed by atoms with Crippen LogP contribution in [0.25, 0.3) is 0 Å². The van der Waals surface area contributed by atoms with Gasteiger partial charge in [0.05, 0.1) is 13.5 Å². The molecule has 13 heavy (non-hydrogen) atoms. The van der Waals surface area contributed by atoms with E-state index in [4.69, 9.17) is 0 Å². The highest BCUT2D eigenvalue weighted by molar-refractivity contribution is 5.81. The van der Waals surface area contributed by atoms with Gasteiger partial charge in [-0.2, -0.15) is 0 Å². The fourth-order valence-electron chi connectivity index (χ4n) is 1.44. The molecule has 1 rings (SSSR count). The molecule has 1 aliphatic heterocycles. The molecular weight excluding hydrogens is 170 g/mol. The maximum absolute atomic E-state index is 11.4. The van der Waals surface area contributed by atoms with Crippen molar-refractivity contribution in [1.29, 1.82) is 0 Å². The molecule has 74 valence electrons. The van der Waals surface area contributed by atoms with Crippen LogP contribution in [0.3, 0.4) is 0 Å². The van der Waals surface area contributed by atoms with Crippen molar-refractivity contribution < 1.29 is 14.3 Å². The Morgan fingerprint density at radius 1 is 1.23 bits per heavy atom. The molecule has 0 atom stereocenters. The maximum atomic E-state index is 11.4. The van der Waals surface area contributed by atoms with E-state index in [-0.39, 0.29) is 24.7 Å². The Hall–Kier alpha value is -1.06. The lowest BCUT2D eigenvalue weighted by Gasteiger charge is -2.14. The lowest BCUT2D eigenvalue weighted by atomic mass is 10.3. The predicted molar refractivity (Wildman–Crippen MR) is 47.1 cm³/mol. The van der Waals surface area contributed by atoms with Crippen molar-refractivity contribution in [2.24, 2.45) is 0 Å². The third-order valence-electron chi connectivity index (χ3n) is 2.23. The van der Waals surface area contributed by atoms with Crippen LogP contribution in [0.4, 0.5) is 0 Å². The molecule has 0 spiro atoms. The van der Waals surface area contributed by atoms with Crippen molar-refractivity contribution in [3.8, 4) is 0 Å². The van der Waals surface area contributed by atoms with E-state index in [1.54, 1.807) is 0 Å². The average Bonchev–Trinajstić information content (AvgIpc) is 2.66. The van der Waals surface area contributed by atoms with Crippen molar-refractivity contribution in [3.05, 3.63) is 0 Å². The normalized spacial score (nSPS) is 15.9. The Labute approximate surface area is 77.8 Å². The highest BCUT2D eigenvalue weighted by atomic mass is 16.5. The number of amides is 1. The summed E-state index contributed by atoms with van der Waals surface area (Å²) in [5.41, 5.74) is 0. The zero-order chi connectivity index (χ0) is 9.68. The molecular formula is C9H15NO3. The maximum Gasteiger partial charge on any atom is 0.306 e. The van der Waals surface area contributed by atoms with Gasteiger partial charge in [-0.3, -0.25) is 9.59 Å². The summed E-state index contributed by atoms with van der Waals surface area (Å²) in [7, 11) is 1.34. The first-order chi connectivity index (χ1) is 6.24. The van der Waals surface area contributed by atoms with Crippen molar-refractivity contribution in [2.45, 2.75) is 25.7 Å². The van der Waals surface area contributed by atoms with Crippen LogP contribution < -0.4 is 0 Å². The summed E-state index contributed by atoms with van der Waals surface area (Å²) in [5.74, 6) is -0.240. The van der Waals surface area contributed by atoms with Crippen molar-refractivity contribution in [3.63, 3.8) is 0 Å². The van der Waals surface area contributed by atoms with E-state index >= 15 is 0 Å². The van der Waals surface area contributed by atoms with Gasteiger partial charge in [0, 0.05) is 19.5 Å². The first-order valence-corrected chi connectivity index (χ1v) is 4.58. The summed E-state index contributed by atoms with van der Waals surface area (Å²) in [6.07, 6.45) is 2.66. The van der Waals surface area contributed by atoms with E-state index in [0.717, 1.165) is 25.9 Å². The molecule has 0 bridgehead atoms. The van der Waals surface area contributed by atoms with E-state index in [1.807, 2.05) is 4.90 Å². The van der Waals surface area contributed by atoms with Crippen LogP contribution in [-0.4, -0.2) is 37.0 Å². The molecule has 1 aliphatic rings. The van der Waals surface area contributed by atoms with Crippen molar-refractivity contribution in [2.75, 3.05) is 20.2 Å². The Balaban J connectivity index is 2.20. The van der Waals surface area contributed by atoms with Crippen LogP contribution >= 0.6 is 0 Å². The molecule has 0 aromatic carbocycles. The number of carbonyl (C=O) groups is 2. The number of ether oxygens (including phenoxy) is 1. The topological polar surface area (TPSA) is 46.6 Å². The van der Waals surface area contributed by atoms with Crippen LogP contribution in [0.15, 0.2) is 0 Å². The second kappa shape index (κ2) is 4.84. The van der Waals surface area contributed by atoms with Crippen LogP contribution in [0, 0.1) is 0 Å². The van der Waals surface area contributed by atoms with Crippen LogP contribution in [-0.2, 0) is 14.3 Å². The molecule has 0 aromatic rings. The molecule has 0 radical (unpaired) electrons. The minimum atomic E-state index is -0.312. The largest absolute Gasteiger partial charge is 0.469 e. The molecule has 0 saturated carbocycles. The third-order valence-corrected chi connectivity index (χ3v) is 2.23. The third kappa shape index (κ3) is 3.05. The van der Waals surface area contributed by atoms with Gasteiger partial charge in [0.2, 0.25) is 5.91 Å². The molecule has 1 amide bonds. The zero-order valence-electron chi connectivity index (χ0n) is 7.91. The summed E-state index contributed by atoms with van der Waals surface area (Å²) in [5, 5.41) is 0. The first kappa shape index (κ1) is 10.0. The second-order valence-corrected chi connectivity index (χ2v) is 3.16. The van der Waals surface area contributed by atoms with Gasteiger partial charge in [-0.05, 0) is 12.8 Å². The van der Waals surface area contributed by atoms with E-state index < -0.39 is 0 Å². The smallest absolute Gasteiger partial charge is 0.306 e. The molecule has 0 aliphatic carbocycles. The molecule has 1 heterocycles. The summed E-state index contributed by atoms with van der Waals surface area (Å²) in [4.78, 5) is 23.9. The predicted octanol–water partition coefficient (Wildman–Crippen LogP) is 0.562. The van der Waals surface area contributed by atoms with Gasteiger partial charge in [0.15, 0.2) is 0 Å². The Morgan fingerprint density at radius 3 is 2.38 bits per heavy atom. The fraction of sp³-hybridized carbons (Fsp3) is 0.778. The van der Waals surface area contributed by atoms with E-state index in [9.17, 15) is 9.59 Å². The summed E-state index contributed by atoms with van der Waals surface area (Å²) in [6.45, 7) is 1.69. The van der Waals surface area contributed by atoms with Crippen molar-refractivity contribution >= 4 is 11.9 Å². The highest BCUT2D eigenvalue weighted by Crippen LogP contribution is 2.09. The van der Waals surface area contributed by atoms with Gasteiger partial charge in [0.1, 0.15) is 0 Å². The van der Waals surface area contributed by atoms with Crippen LogP contribution in [0.1, 0.15) is 25.7 Å². The lowest BCUT2D eigenvalue weighted by molar-refractivity contribution is -0.143. The van der Waals surface area contributed by atoms with E-state index in [1.165, 1.54) is 7.11 Å². The number of rotatable bonds is 3. The lowest BCUT2D eigenvalue weighted by Crippen LogP contribution is -2.27. The van der Waals surface area contributed by atoms with Crippen LogP contribution in [0.5, 0.6) is 0 Å². The van der Waals surface area contributed by atoms with Gasteiger partial charge in [-0.15, -0.1) is 0 Å².